The molecule has 0 radical (unpaired) electrons. The van der Waals surface area contributed by atoms with Gasteiger partial charge in [0.25, 0.3) is 17.9 Å². The van der Waals surface area contributed by atoms with Crippen molar-refractivity contribution in [3.63, 3.8) is 0 Å². The van der Waals surface area contributed by atoms with Crippen LogP contribution in [0.15, 0.2) is 41.0 Å². The fourth-order valence-electron chi connectivity index (χ4n) is 4.28. The van der Waals surface area contributed by atoms with Crippen LogP contribution in [0, 0.1) is 0 Å². The lowest BCUT2D eigenvalue weighted by Gasteiger charge is -2.50. The highest BCUT2D eigenvalue weighted by molar-refractivity contribution is 7.80. The van der Waals surface area contributed by atoms with Gasteiger partial charge in [-0.25, -0.2) is 9.78 Å². The smallest absolute Gasteiger partial charge is 0.418 e. The topological polar surface area (TPSA) is 264 Å². The molecular weight excluding hydrogens is 648 g/mol. The van der Waals surface area contributed by atoms with E-state index in [1.807, 2.05) is 6.20 Å². The van der Waals surface area contributed by atoms with E-state index < -0.39 is 58.2 Å². The number of hydroxylamine groups is 2. The number of hydrogen-bond donors (Lipinski definition) is 5. The molecule has 2 aromatic heterocycles. The number of unbranched alkanes of at least 4 members (excludes halogenated alkanes) is 1. The van der Waals surface area contributed by atoms with Crippen LogP contribution in [0.2, 0.25) is 0 Å². The van der Waals surface area contributed by atoms with Crippen LogP contribution in [-0.2, 0) is 40.4 Å². The molecule has 1 aliphatic rings. The highest BCUT2D eigenvalue weighted by Gasteiger charge is 2.58. The number of amides is 2. The first kappa shape index (κ1) is 34.1. The van der Waals surface area contributed by atoms with Gasteiger partial charge >= 0.3 is 16.4 Å². The summed E-state index contributed by atoms with van der Waals surface area (Å²) in [6.07, 6.45) is 2.13. The van der Waals surface area contributed by atoms with Crippen molar-refractivity contribution in [2.75, 3.05) is 18.1 Å². The Labute approximate surface area is 266 Å². The van der Waals surface area contributed by atoms with Crippen molar-refractivity contribution in [1.29, 1.82) is 0 Å². The number of aryl methyl sites for hydroxylation is 1. The van der Waals surface area contributed by atoms with Crippen LogP contribution in [0.3, 0.4) is 0 Å². The Morgan fingerprint density at radius 1 is 1.24 bits per heavy atom. The number of rotatable bonds is 15. The summed E-state index contributed by atoms with van der Waals surface area (Å²) in [4.78, 5) is 46.8. The first-order chi connectivity index (χ1) is 21.6. The molecule has 0 aliphatic carbocycles. The lowest BCUT2D eigenvalue weighted by molar-refractivity contribution is -0.218. The average Bonchev–Trinajstić information content (AvgIpc) is 3.59. The first-order valence-corrected chi connectivity index (χ1v) is 15.9. The van der Waals surface area contributed by atoms with Gasteiger partial charge in [-0.2, -0.15) is 18.6 Å². The second kappa shape index (κ2) is 13.7. The number of oxime groups is 1. The Hall–Kier alpha value is -4.79. The third kappa shape index (κ3) is 7.88. The number of carbonyl (C=O) groups excluding carboxylic acids is 2. The van der Waals surface area contributed by atoms with E-state index in [-0.39, 0.29) is 10.8 Å². The molecule has 3 heterocycles. The molecule has 2 amide bonds. The normalized spacial score (nSPS) is 16.9. The predicted octanol–water partition coefficient (Wildman–Crippen LogP) is 1.06. The number of nitrogens with zero attached hydrogens (tertiary/aromatic N) is 5. The number of carbonyl (C=O) groups is 3. The molecule has 46 heavy (non-hydrogen) atoms. The standard InChI is InChI=1S/C26H32N8O10S2/c1-4-5-10-33-11-16(21(27)31-33)14-6-8-15(9-7-14)42-12-18(24(37)38)43-32-19(17-13-45-25(28)29-17)22(35)30-20-23(36)34(26(20,2)3)44-46(39,40)41/h6-9,11,13,18,20H,4-5,10,12H2,1-3H3,(H2,27,31)(H2,28,29)(H,30,35)(H,37,38)(H,39,40,41)/b32-19-/t18-,20+/m0/s1. The summed E-state index contributed by atoms with van der Waals surface area (Å²) in [5.74, 6) is -2.80. The number of carboxylic acid groups (broad SMARTS) is 1. The highest BCUT2D eigenvalue weighted by Crippen LogP contribution is 2.33. The van der Waals surface area contributed by atoms with Gasteiger partial charge in [-0.3, -0.25) is 18.8 Å². The van der Waals surface area contributed by atoms with E-state index in [2.05, 4.69) is 31.8 Å². The maximum absolute atomic E-state index is 13.2. The molecule has 1 aliphatic heterocycles. The molecule has 0 saturated carbocycles. The number of carboxylic acids is 1. The van der Waals surface area contributed by atoms with Crippen LogP contribution < -0.4 is 21.5 Å². The Morgan fingerprint density at radius 2 is 1.93 bits per heavy atom. The molecule has 248 valence electrons. The number of ether oxygens (including phenoxy) is 1. The zero-order chi connectivity index (χ0) is 33.8. The predicted molar refractivity (Wildman–Crippen MR) is 164 cm³/mol. The summed E-state index contributed by atoms with van der Waals surface area (Å²) in [5, 5.41) is 21.9. The summed E-state index contributed by atoms with van der Waals surface area (Å²) < 4.78 is 42.8. The lowest BCUT2D eigenvalue weighted by Crippen LogP contribution is -2.76. The fraction of sp³-hybridized carbons (Fsp3) is 0.385. The van der Waals surface area contributed by atoms with Gasteiger partial charge in [0.05, 0.1) is 5.54 Å². The zero-order valence-electron chi connectivity index (χ0n) is 24.8. The van der Waals surface area contributed by atoms with E-state index in [1.165, 1.54) is 19.2 Å². The summed E-state index contributed by atoms with van der Waals surface area (Å²) in [6.45, 7) is 5.02. The van der Waals surface area contributed by atoms with E-state index in [1.54, 1.807) is 28.9 Å². The average molecular weight is 681 g/mol. The van der Waals surface area contributed by atoms with Gasteiger partial charge in [0.15, 0.2) is 16.7 Å². The monoisotopic (exact) mass is 680 g/mol. The van der Waals surface area contributed by atoms with Crippen LogP contribution in [-0.4, -0.2) is 85.7 Å². The molecule has 1 aromatic carbocycles. The van der Waals surface area contributed by atoms with Gasteiger partial charge in [-0.1, -0.05) is 30.6 Å². The minimum absolute atomic E-state index is 0.0555. The number of nitrogen functional groups attached to an aromatic ring is 2. The van der Waals surface area contributed by atoms with E-state index in [0.717, 1.165) is 41.9 Å². The van der Waals surface area contributed by atoms with Crippen molar-refractivity contribution >= 4 is 56.2 Å². The van der Waals surface area contributed by atoms with Crippen molar-refractivity contribution in [2.24, 2.45) is 5.16 Å². The summed E-state index contributed by atoms with van der Waals surface area (Å²) in [6, 6.07) is 5.38. The molecule has 20 heteroatoms. The molecule has 4 rings (SSSR count). The molecule has 3 aromatic rings. The van der Waals surface area contributed by atoms with Crippen LogP contribution in [0.4, 0.5) is 10.9 Å². The van der Waals surface area contributed by atoms with Crippen LogP contribution in [0.1, 0.15) is 39.3 Å². The number of aromatic nitrogens is 3. The minimum Gasteiger partial charge on any atom is -0.489 e. The van der Waals surface area contributed by atoms with Crippen molar-refractivity contribution in [1.82, 2.24) is 25.1 Å². The maximum Gasteiger partial charge on any atom is 0.418 e. The molecular formula is C26H32N8O10S2. The maximum atomic E-state index is 13.2. The van der Waals surface area contributed by atoms with Crippen molar-refractivity contribution in [2.45, 2.75) is 57.8 Å². The SMILES string of the molecule is CCCCn1cc(-c2ccc(OC[C@H](O/N=C(\C(=O)N[C@@H]3C(=O)N(OS(=O)(=O)O)C3(C)C)c3csc(N)n3)C(=O)O)cc2)c(N)n1. The van der Waals surface area contributed by atoms with Gasteiger partial charge in [0.2, 0.25) is 0 Å². The molecule has 1 fully saturated rings. The Kier molecular flexibility index (Phi) is 10.1. The number of anilines is 2. The fourth-order valence-corrected chi connectivity index (χ4v) is 5.28. The van der Waals surface area contributed by atoms with E-state index in [9.17, 15) is 27.9 Å². The summed E-state index contributed by atoms with van der Waals surface area (Å²) >= 11 is 0.955. The van der Waals surface area contributed by atoms with E-state index in [4.69, 9.17) is 25.6 Å². The quantitative estimate of drug-likeness (QED) is 0.0651. The minimum atomic E-state index is -5.02. The molecule has 0 bridgehead atoms. The summed E-state index contributed by atoms with van der Waals surface area (Å²) in [5.41, 5.74) is 11.2. The number of hydrogen-bond acceptors (Lipinski definition) is 14. The van der Waals surface area contributed by atoms with Crippen LogP contribution >= 0.6 is 11.3 Å². The van der Waals surface area contributed by atoms with Crippen molar-refractivity contribution in [3.05, 3.63) is 41.5 Å². The number of aliphatic carboxylic acids is 1. The molecule has 0 spiro atoms. The number of nitrogens with one attached hydrogen (secondary N) is 1. The van der Waals surface area contributed by atoms with E-state index >= 15 is 0 Å². The second-order valence-corrected chi connectivity index (χ2v) is 12.4. The lowest BCUT2D eigenvalue weighted by atomic mass is 9.84. The molecule has 18 nitrogen and oxygen atoms in total. The van der Waals surface area contributed by atoms with Crippen molar-refractivity contribution < 1.29 is 46.3 Å². The third-order valence-electron chi connectivity index (χ3n) is 6.75. The summed E-state index contributed by atoms with van der Waals surface area (Å²) in [7, 11) is -5.02. The largest absolute Gasteiger partial charge is 0.489 e. The third-order valence-corrected chi connectivity index (χ3v) is 7.76. The van der Waals surface area contributed by atoms with Gasteiger partial charge in [-0.15, -0.1) is 15.6 Å². The molecule has 7 N–H and O–H groups in total. The Bertz CT molecular complexity index is 1740. The molecule has 0 unspecified atom stereocenters. The second-order valence-electron chi connectivity index (χ2n) is 10.5. The Balaban J connectivity index is 1.45. The molecule has 1 saturated heterocycles. The zero-order valence-corrected chi connectivity index (χ0v) is 26.4. The number of thiazole rings is 1. The molecule has 2 atom stereocenters. The van der Waals surface area contributed by atoms with Crippen LogP contribution in [0.5, 0.6) is 5.75 Å². The van der Waals surface area contributed by atoms with E-state index in [0.29, 0.717) is 16.6 Å². The number of benzene rings is 1. The van der Waals surface area contributed by atoms with Gasteiger partial charge in [0.1, 0.15) is 24.1 Å². The van der Waals surface area contributed by atoms with Crippen LogP contribution in [0.25, 0.3) is 11.1 Å². The van der Waals surface area contributed by atoms with Crippen molar-refractivity contribution in [3.8, 4) is 16.9 Å². The van der Waals surface area contributed by atoms with Gasteiger partial charge in [-0.05, 0) is 38.0 Å². The van der Waals surface area contributed by atoms with Gasteiger partial charge < -0.3 is 31.5 Å². The first-order valence-electron chi connectivity index (χ1n) is 13.7. The number of β-lactam (4-membered cyclic amide) rings is 1. The highest BCUT2D eigenvalue weighted by atomic mass is 32.3. The Morgan fingerprint density at radius 3 is 2.50 bits per heavy atom. The number of nitrogens with two attached hydrogens (primary N) is 2. The van der Waals surface area contributed by atoms with Gasteiger partial charge in [0, 0.05) is 23.7 Å².